The second-order valence-corrected chi connectivity index (χ2v) is 3.47. The standard InChI is InChI=1S/C11H14N2O4/c1-3-6-17-11-7-9(12-8(2)14)4-5-10(11)13(15)16/h4-5,7H,3,6H2,1-2H3,(H,12,14). The Hall–Kier alpha value is -2.11. The molecule has 0 atom stereocenters. The lowest BCUT2D eigenvalue weighted by Gasteiger charge is -2.08. The van der Waals surface area contributed by atoms with E-state index in [1.54, 1.807) is 0 Å². The summed E-state index contributed by atoms with van der Waals surface area (Å²) in [5.74, 6) is -0.0663. The quantitative estimate of drug-likeness (QED) is 0.630. The van der Waals surface area contributed by atoms with E-state index in [1.807, 2.05) is 6.92 Å². The zero-order valence-corrected chi connectivity index (χ0v) is 9.73. The Morgan fingerprint density at radius 2 is 2.24 bits per heavy atom. The van der Waals surface area contributed by atoms with Gasteiger partial charge in [-0.05, 0) is 12.5 Å². The molecule has 17 heavy (non-hydrogen) atoms. The molecule has 0 heterocycles. The fourth-order valence-electron chi connectivity index (χ4n) is 1.27. The number of amides is 1. The Morgan fingerprint density at radius 1 is 1.53 bits per heavy atom. The summed E-state index contributed by atoms with van der Waals surface area (Å²) >= 11 is 0. The lowest BCUT2D eigenvalue weighted by Crippen LogP contribution is -2.06. The van der Waals surface area contributed by atoms with Crippen molar-refractivity contribution < 1.29 is 14.5 Å². The van der Waals surface area contributed by atoms with Crippen LogP contribution in [0.25, 0.3) is 0 Å². The Balaban J connectivity index is 3.00. The summed E-state index contributed by atoms with van der Waals surface area (Å²) in [6, 6.07) is 4.24. The summed E-state index contributed by atoms with van der Waals surface area (Å²) in [7, 11) is 0. The number of carbonyl (C=O) groups excluding carboxylic acids is 1. The number of rotatable bonds is 5. The van der Waals surface area contributed by atoms with Crippen LogP contribution in [-0.2, 0) is 4.79 Å². The highest BCUT2D eigenvalue weighted by Gasteiger charge is 2.15. The molecule has 0 aromatic heterocycles. The van der Waals surface area contributed by atoms with Crippen molar-refractivity contribution in [1.82, 2.24) is 0 Å². The monoisotopic (exact) mass is 238 g/mol. The molecule has 92 valence electrons. The van der Waals surface area contributed by atoms with Crippen LogP contribution < -0.4 is 10.1 Å². The van der Waals surface area contributed by atoms with Crippen LogP contribution in [-0.4, -0.2) is 17.4 Å². The van der Waals surface area contributed by atoms with E-state index >= 15 is 0 Å². The molecular weight excluding hydrogens is 224 g/mol. The van der Waals surface area contributed by atoms with Crippen molar-refractivity contribution in [2.45, 2.75) is 20.3 Å². The van der Waals surface area contributed by atoms with Crippen molar-refractivity contribution in [3.63, 3.8) is 0 Å². The zero-order valence-electron chi connectivity index (χ0n) is 9.73. The second-order valence-electron chi connectivity index (χ2n) is 3.47. The average molecular weight is 238 g/mol. The van der Waals surface area contributed by atoms with E-state index in [4.69, 9.17) is 4.74 Å². The van der Waals surface area contributed by atoms with Gasteiger partial charge < -0.3 is 10.1 Å². The molecule has 0 fully saturated rings. The predicted molar refractivity (Wildman–Crippen MR) is 63.2 cm³/mol. The number of nitro benzene ring substituents is 1. The SMILES string of the molecule is CCCOc1cc(NC(C)=O)ccc1[N+](=O)[O-]. The van der Waals surface area contributed by atoms with Crippen LogP contribution in [0.1, 0.15) is 20.3 Å². The molecule has 0 bridgehead atoms. The molecule has 0 aliphatic carbocycles. The van der Waals surface area contributed by atoms with Gasteiger partial charge in [-0.25, -0.2) is 0 Å². The van der Waals surface area contributed by atoms with E-state index in [9.17, 15) is 14.9 Å². The summed E-state index contributed by atoms with van der Waals surface area (Å²) in [4.78, 5) is 21.1. The van der Waals surface area contributed by atoms with Crippen molar-refractivity contribution in [3.8, 4) is 5.75 Å². The number of carbonyl (C=O) groups is 1. The van der Waals surface area contributed by atoms with Crippen LogP contribution in [0.3, 0.4) is 0 Å². The third-order valence-electron chi connectivity index (χ3n) is 1.94. The highest BCUT2D eigenvalue weighted by molar-refractivity contribution is 5.89. The first kappa shape index (κ1) is 13.0. The van der Waals surface area contributed by atoms with E-state index in [0.29, 0.717) is 12.3 Å². The van der Waals surface area contributed by atoms with E-state index in [2.05, 4.69) is 5.32 Å². The van der Waals surface area contributed by atoms with Gasteiger partial charge in [0.05, 0.1) is 11.5 Å². The molecule has 1 N–H and O–H groups in total. The molecule has 1 aromatic rings. The smallest absolute Gasteiger partial charge is 0.311 e. The Kier molecular flexibility index (Phi) is 4.45. The van der Waals surface area contributed by atoms with Gasteiger partial charge in [0.1, 0.15) is 0 Å². The lowest BCUT2D eigenvalue weighted by molar-refractivity contribution is -0.385. The highest BCUT2D eigenvalue weighted by atomic mass is 16.6. The Bertz CT molecular complexity index is 431. The summed E-state index contributed by atoms with van der Waals surface area (Å²) in [5, 5.41) is 13.3. The molecule has 0 unspecified atom stereocenters. The van der Waals surface area contributed by atoms with Gasteiger partial charge in [0.25, 0.3) is 0 Å². The average Bonchev–Trinajstić information content (AvgIpc) is 2.25. The van der Waals surface area contributed by atoms with Crippen LogP contribution in [0.2, 0.25) is 0 Å². The molecule has 6 heteroatoms. The number of nitro groups is 1. The van der Waals surface area contributed by atoms with E-state index in [1.165, 1.54) is 25.1 Å². The van der Waals surface area contributed by atoms with Gasteiger partial charge in [-0.3, -0.25) is 14.9 Å². The number of benzene rings is 1. The summed E-state index contributed by atoms with van der Waals surface area (Å²) in [6.07, 6.45) is 0.752. The molecule has 6 nitrogen and oxygen atoms in total. The molecule has 0 saturated heterocycles. The van der Waals surface area contributed by atoms with Crippen LogP contribution in [0.4, 0.5) is 11.4 Å². The first-order chi connectivity index (χ1) is 8.04. The van der Waals surface area contributed by atoms with Gasteiger partial charge >= 0.3 is 5.69 Å². The zero-order chi connectivity index (χ0) is 12.8. The number of nitrogens with zero attached hydrogens (tertiary/aromatic N) is 1. The molecule has 0 aliphatic rings. The van der Waals surface area contributed by atoms with Crippen LogP contribution >= 0.6 is 0 Å². The van der Waals surface area contributed by atoms with Crippen molar-refractivity contribution in [1.29, 1.82) is 0 Å². The van der Waals surface area contributed by atoms with Crippen LogP contribution in [0.15, 0.2) is 18.2 Å². The minimum absolute atomic E-state index is 0.104. The summed E-state index contributed by atoms with van der Waals surface area (Å²) in [5.41, 5.74) is 0.377. The molecule has 0 radical (unpaired) electrons. The number of nitrogens with one attached hydrogen (secondary N) is 1. The number of hydrogen-bond acceptors (Lipinski definition) is 4. The highest BCUT2D eigenvalue weighted by Crippen LogP contribution is 2.30. The number of anilines is 1. The predicted octanol–water partition coefficient (Wildman–Crippen LogP) is 2.34. The first-order valence-electron chi connectivity index (χ1n) is 5.23. The topological polar surface area (TPSA) is 81.5 Å². The maximum absolute atomic E-state index is 10.9. The maximum atomic E-state index is 10.9. The summed E-state index contributed by atoms with van der Waals surface area (Å²) < 4.78 is 5.28. The third-order valence-corrected chi connectivity index (χ3v) is 1.94. The summed E-state index contributed by atoms with van der Waals surface area (Å²) in [6.45, 7) is 3.67. The fraction of sp³-hybridized carbons (Fsp3) is 0.364. The third kappa shape index (κ3) is 3.75. The second kappa shape index (κ2) is 5.83. The number of ether oxygens (including phenoxy) is 1. The van der Waals surface area contributed by atoms with Crippen molar-refractivity contribution in [2.75, 3.05) is 11.9 Å². The van der Waals surface area contributed by atoms with Gasteiger partial charge in [0.15, 0.2) is 5.75 Å². The molecular formula is C11H14N2O4. The maximum Gasteiger partial charge on any atom is 0.311 e. The van der Waals surface area contributed by atoms with Gasteiger partial charge in [-0.1, -0.05) is 6.92 Å². The van der Waals surface area contributed by atoms with E-state index < -0.39 is 4.92 Å². The van der Waals surface area contributed by atoms with Crippen molar-refractivity contribution in [3.05, 3.63) is 28.3 Å². The minimum atomic E-state index is -0.511. The van der Waals surface area contributed by atoms with Crippen molar-refractivity contribution >= 4 is 17.3 Å². The Labute approximate surface area is 98.7 Å². The van der Waals surface area contributed by atoms with Crippen LogP contribution in [0, 0.1) is 10.1 Å². The van der Waals surface area contributed by atoms with Crippen LogP contribution in [0.5, 0.6) is 5.75 Å². The largest absolute Gasteiger partial charge is 0.487 e. The molecule has 1 amide bonds. The van der Waals surface area contributed by atoms with E-state index in [0.717, 1.165) is 6.42 Å². The molecule has 1 aromatic carbocycles. The van der Waals surface area contributed by atoms with Crippen molar-refractivity contribution in [2.24, 2.45) is 0 Å². The normalized spacial score (nSPS) is 9.76. The van der Waals surface area contributed by atoms with Gasteiger partial charge in [-0.2, -0.15) is 0 Å². The Morgan fingerprint density at radius 3 is 2.76 bits per heavy atom. The van der Waals surface area contributed by atoms with Gasteiger partial charge in [-0.15, -0.1) is 0 Å². The van der Waals surface area contributed by atoms with E-state index in [-0.39, 0.29) is 17.3 Å². The lowest BCUT2D eigenvalue weighted by atomic mass is 10.2. The molecule has 0 saturated carbocycles. The minimum Gasteiger partial charge on any atom is -0.487 e. The fourth-order valence-corrected chi connectivity index (χ4v) is 1.27. The van der Waals surface area contributed by atoms with Gasteiger partial charge in [0.2, 0.25) is 5.91 Å². The first-order valence-corrected chi connectivity index (χ1v) is 5.23. The molecule has 0 aliphatic heterocycles. The van der Waals surface area contributed by atoms with Gasteiger partial charge in [0, 0.05) is 24.7 Å². The number of hydrogen-bond donors (Lipinski definition) is 1. The molecule has 1 rings (SSSR count). The molecule has 0 spiro atoms.